The number of hydrogen-bond acceptors (Lipinski definition) is 5. The molecule has 0 saturated heterocycles. The van der Waals surface area contributed by atoms with E-state index < -0.39 is 10.0 Å². The number of nitrogen functional groups attached to an aromatic ring is 1. The molecular formula is C12H14N2O2S3. The predicted octanol–water partition coefficient (Wildman–Crippen LogP) is 2.73. The van der Waals surface area contributed by atoms with Crippen molar-refractivity contribution in [3.63, 3.8) is 0 Å². The fourth-order valence-electron chi connectivity index (χ4n) is 1.42. The maximum Gasteiger partial charge on any atom is 0.242 e. The van der Waals surface area contributed by atoms with Crippen LogP contribution in [0.1, 0.15) is 0 Å². The van der Waals surface area contributed by atoms with E-state index in [9.17, 15) is 8.42 Å². The van der Waals surface area contributed by atoms with E-state index in [1.54, 1.807) is 23.5 Å². The summed E-state index contributed by atoms with van der Waals surface area (Å²) in [7, 11) is -0.432. The van der Waals surface area contributed by atoms with Crippen LogP contribution in [0.2, 0.25) is 0 Å². The second kappa shape index (κ2) is 5.54. The largest absolute Gasteiger partial charge is 0.398 e. The number of rotatable bonds is 4. The van der Waals surface area contributed by atoms with Crippen LogP contribution in [0.4, 0.5) is 5.69 Å². The van der Waals surface area contributed by atoms with Gasteiger partial charge in [0.2, 0.25) is 10.0 Å². The molecule has 0 unspecified atom stereocenters. The van der Waals surface area contributed by atoms with Crippen molar-refractivity contribution in [3.8, 4) is 0 Å². The van der Waals surface area contributed by atoms with Crippen molar-refractivity contribution in [2.75, 3.05) is 19.8 Å². The summed E-state index contributed by atoms with van der Waals surface area (Å²) in [5.41, 5.74) is 6.41. The Hall–Kier alpha value is -1.02. The third-order valence-electron chi connectivity index (χ3n) is 2.47. The maximum atomic E-state index is 12.0. The fraction of sp³-hybridized carbons (Fsp3) is 0.167. The third-order valence-corrected chi connectivity index (χ3v) is 6.41. The minimum atomic E-state index is -3.43. The lowest BCUT2D eigenvalue weighted by atomic mass is 10.3. The van der Waals surface area contributed by atoms with Gasteiger partial charge in [-0.3, -0.25) is 0 Å². The lowest BCUT2D eigenvalue weighted by molar-refractivity contribution is 0.520. The Morgan fingerprint density at radius 3 is 2.53 bits per heavy atom. The van der Waals surface area contributed by atoms with Gasteiger partial charge in [0, 0.05) is 24.7 Å². The number of sulfonamides is 1. The van der Waals surface area contributed by atoms with Crippen molar-refractivity contribution in [2.24, 2.45) is 0 Å². The Bertz CT molecular complexity index is 664. The highest BCUT2D eigenvalue weighted by Gasteiger charge is 2.18. The average molecular weight is 314 g/mol. The molecule has 1 aromatic heterocycles. The fourth-order valence-corrected chi connectivity index (χ4v) is 4.11. The first-order chi connectivity index (χ1) is 8.91. The Balaban J connectivity index is 2.32. The smallest absolute Gasteiger partial charge is 0.242 e. The molecule has 0 bridgehead atoms. The molecule has 2 rings (SSSR count). The lowest BCUT2D eigenvalue weighted by Gasteiger charge is -2.12. The highest BCUT2D eigenvalue weighted by atomic mass is 32.2. The highest BCUT2D eigenvalue weighted by molar-refractivity contribution is 8.01. The molecule has 7 heteroatoms. The predicted molar refractivity (Wildman–Crippen MR) is 80.2 cm³/mol. The SMILES string of the molecule is CN(C)S(=O)(=O)c1ccc(Sc2cccs2)c(N)c1. The molecule has 19 heavy (non-hydrogen) atoms. The molecule has 0 radical (unpaired) electrons. The van der Waals surface area contributed by atoms with Crippen LogP contribution in [0, 0.1) is 0 Å². The molecule has 0 spiro atoms. The second-order valence-electron chi connectivity index (χ2n) is 4.02. The summed E-state index contributed by atoms with van der Waals surface area (Å²) in [4.78, 5) is 1.07. The van der Waals surface area contributed by atoms with E-state index >= 15 is 0 Å². The summed E-state index contributed by atoms with van der Waals surface area (Å²) >= 11 is 3.16. The molecule has 0 aliphatic carbocycles. The third kappa shape index (κ3) is 3.11. The van der Waals surface area contributed by atoms with Crippen molar-refractivity contribution in [1.29, 1.82) is 0 Å². The quantitative estimate of drug-likeness (QED) is 0.881. The van der Waals surface area contributed by atoms with E-state index in [-0.39, 0.29) is 4.90 Å². The summed E-state index contributed by atoms with van der Waals surface area (Å²) in [6.45, 7) is 0. The van der Waals surface area contributed by atoms with Gasteiger partial charge in [-0.15, -0.1) is 11.3 Å². The Kier molecular flexibility index (Phi) is 4.19. The van der Waals surface area contributed by atoms with E-state index in [2.05, 4.69) is 0 Å². The lowest BCUT2D eigenvalue weighted by Crippen LogP contribution is -2.22. The first-order valence-electron chi connectivity index (χ1n) is 5.44. The van der Waals surface area contributed by atoms with Gasteiger partial charge in [0.15, 0.2) is 0 Å². The Morgan fingerprint density at radius 1 is 1.26 bits per heavy atom. The molecular weight excluding hydrogens is 300 g/mol. The van der Waals surface area contributed by atoms with Crippen LogP contribution in [0.5, 0.6) is 0 Å². The van der Waals surface area contributed by atoms with Crippen LogP contribution in [-0.4, -0.2) is 26.8 Å². The molecule has 2 N–H and O–H groups in total. The van der Waals surface area contributed by atoms with Crippen LogP contribution in [0.15, 0.2) is 49.7 Å². The minimum Gasteiger partial charge on any atom is -0.398 e. The molecule has 102 valence electrons. The summed E-state index contributed by atoms with van der Waals surface area (Å²) in [6.07, 6.45) is 0. The van der Waals surface area contributed by atoms with Crippen LogP contribution in [0.25, 0.3) is 0 Å². The summed E-state index contributed by atoms with van der Waals surface area (Å²) in [5, 5.41) is 1.99. The van der Waals surface area contributed by atoms with Gasteiger partial charge < -0.3 is 5.73 Å². The van der Waals surface area contributed by atoms with E-state index in [0.29, 0.717) is 5.69 Å². The van der Waals surface area contributed by atoms with Crippen molar-refractivity contribution in [1.82, 2.24) is 4.31 Å². The number of hydrogen-bond donors (Lipinski definition) is 1. The molecule has 0 aliphatic heterocycles. The van der Waals surface area contributed by atoms with E-state index in [0.717, 1.165) is 9.10 Å². The van der Waals surface area contributed by atoms with Crippen LogP contribution >= 0.6 is 23.1 Å². The number of nitrogens with zero attached hydrogens (tertiary/aromatic N) is 1. The maximum absolute atomic E-state index is 12.0. The monoisotopic (exact) mass is 314 g/mol. The topological polar surface area (TPSA) is 63.4 Å². The zero-order chi connectivity index (χ0) is 14.0. The van der Waals surface area contributed by atoms with Crippen molar-refractivity contribution >= 4 is 38.8 Å². The van der Waals surface area contributed by atoms with E-state index in [1.807, 2.05) is 17.5 Å². The van der Waals surface area contributed by atoms with Crippen molar-refractivity contribution < 1.29 is 8.42 Å². The molecule has 0 amide bonds. The standard InChI is InChI=1S/C12H14N2O2S3/c1-14(2)19(15,16)9-5-6-11(10(13)8-9)18-12-4-3-7-17-12/h3-8H,13H2,1-2H3. The molecule has 0 saturated carbocycles. The van der Waals surface area contributed by atoms with Crippen molar-refractivity contribution in [3.05, 3.63) is 35.7 Å². The molecule has 0 aliphatic rings. The average Bonchev–Trinajstić information content (AvgIpc) is 2.84. The summed E-state index contributed by atoms with van der Waals surface area (Å²) in [6, 6.07) is 8.80. The van der Waals surface area contributed by atoms with E-state index in [4.69, 9.17) is 5.73 Å². The van der Waals surface area contributed by atoms with Gasteiger partial charge in [0.1, 0.15) is 0 Å². The van der Waals surface area contributed by atoms with Crippen LogP contribution in [-0.2, 0) is 10.0 Å². The molecule has 2 aromatic rings. The zero-order valence-electron chi connectivity index (χ0n) is 10.5. The van der Waals surface area contributed by atoms with Gasteiger partial charge in [-0.25, -0.2) is 12.7 Å². The van der Waals surface area contributed by atoms with Crippen LogP contribution < -0.4 is 5.73 Å². The van der Waals surface area contributed by atoms with Crippen LogP contribution in [0.3, 0.4) is 0 Å². The van der Waals surface area contributed by atoms with Gasteiger partial charge in [0.25, 0.3) is 0 Å². The normalized spacial score (nSPS) is 11.9. The summed E-state index contributed by atoms with van der Waals surface area (Å²) < 4.78 is 26.3. The van der Waals surface area contributed by atoms with Gasteiger partial charge in [-0.1, -0.05) is 17.8 Å². The minimum absolute atomic E-state index is 0.213. The number of nitrogens with two attached hydrogens (primary N) is 1. The first kappa shape index (κ1) is 14.4. The molecule has 0 fully saturated rings. The molecule has 4 nitrogen and oxygen atoms in total. The first-order valence-corrected chi connectivity index (χ1v) is 8.58. The van der Waals surface area contributed by atoms with E-state index in [1.165, 1.54) is 36.2 Å². The summed E-state index contributed by atoms with van der Waals surface area (Å²) in [5.74, 6) is 0. The number of thiophene rings is 1. The molecule has 0 atom stereocenters. The van der Waals surface area contributed by atoms with Gasteiger partial charge in [-0.2, -0.15) is 0 Å². The second-order valence-corrected chi connectivity index (χ2v) is 8.46. The molecule has 1 heterocycles. The molecule has 1 aromatic carbocycles. The van der Waals surface area contributed by atoms with Crippen molar-refractivity contribution in [2.45, 2.75) is 14.0 Å². The number of benzene rings is 1. The number of anilines is 1. The zero-order valence-corrected chi connectivity index (χ0v) is 13.0. The Morgan fingerprint density at radius 2 is 2.00 bits per heavy atom. The van der Waals surface area contributed by atoms with Gasteiger partial charge in [-0.05, 0) is 29.6 Å². The van der Waals surface area contributed by atoms with Gasteiger partial charge >= 0.3 is 0 Å². The van der Waals surface area contributed by atoms with Gasteiger partial charge in [0.05, 0.1) is 9.10 Å². The highest BCUT2D eigenvalue weighted by Crippen LogP contribution is 2.35. The Labute approximate surface area is 121 Å².